The fraction of sp³-hybridized carbons (Fsp3) is 0.0714. The second-order valence-corrected chi connectivity index (χ2v) is 5.20. The lowest BCUT2D eigenvalue weighted by molar-refractivity contribution is 0.574. The van der Waals surface area contributed by atoms with Gasteiger partial charge in [-0.05, 0) is 18.2 Å². The quantitative estimate of drug-likeness (QED) is 0.722. The first kappa shape index (κ1) is 12.8. The summed E-state index contributed by atoms with van der Waals surface area (Å²) in [5.74, 6) is -1.17. The molecule has 0 amide bonds. The molecule has 0 aliphatic rings. The van der Waals surface area contributed by atoms with E-state index in [1.165, 1.54) is 23.5 Å². The van der Waals surface area contributed by atoms with E-state index in [9.17, 15) is 8.78 Å². The maximum atomic E-state index is 13.5. The lowest BCUT2D eigenvalue weighted by Crippen LogP contribution is -2.04. The zero-order valence-electron chi connectivity index (χ0n) is 10.4. The van der Waals surface area contributed by atoms with Crippen LogP contribution in [-0.2, 0) is 6.54 Å². The summed E-state index contributed by atoms with van der Waals surface area (Å²) in [7, 11) is 0. The van der Waals surface area contributed by atoms with Crippen LogP contribution in [0.15, 0.2) is 35.8 Å². The molecule has 0 saturated heterocycles. The van der Waals surface area contributed by atoms with Gasteiger partial charge in [-0.1, -0.05) is 6.07 Å². The summed E-state index contributed by atoms with van der Waals surface area (Å²) in [4.78, 5) is 4.19. The number of thiazole rings is 1. The van der Waals surface area contributed by atoms with Crippen LogP contribution in [-0.4, -0.2) is 4.98 Å². The minimum Gasteiger partial charge on any atom is -0.395 e. The second kappa shape index (κ2) is 5.05. The van der Waals surface area contributed by atoms with Gasteiger partial charge in [-0.3, -0.25) is 0 Å². The van der Waals surface area contributed by atoms with Crippen LogP contribution in [0.4, 0.5) is 20.2 Å². The standard InChI is InChI=1S/C14H11F2N3S/c15-9-2-1-8(10(16)5-9)6-18-11-3-4-12-14(13(11)17)19-7-20-12/h1-5,7,18H,6,17H2. The van der Waals surface area contributed by atoms with Gasteiger partial charge in [-0.25, -0.2) is 13.8 Å². The monoisotopic (exact) mass is 291 g/mol. The highest BCUT2D eigenvalue weighted by Gasteiger charge is 2.08. The summed E-state index contributed by atoms with van der Waals surface area (Å²) >= 11 is 1.51. The predicted octanol–water partition coefficient (Wildman–Crippen LogP) is 3.77. The molecule has 0 aliphatic heterocycles. The van der Waals surface area contributed by atoms with Gasteiger partial charge in [0.05, 0.1) is 21.6 Å². The molecule has 3 N–H and O–H groups in total. The summed E-state index contributed by atoms with van der Waals surface area (Å²) in [6, 6.07) is 7.25. The summed E-state index contributed by atoms with van der Waals surface area (Å²) in [6.07, 6.45) is 0. The van der Waals surface area contributed by atoms with Crippen molar-refractivity contribution in [2.24, 2.45) is 0 Å². The summed E-state index contributed by atoms with van der Waals surface area (Å²) in [5, 5.41) is 3.05. The summed E-state index contributed by atoms with van der Waals surface area (Å²) < 4.78 is 27.4. The number of nitrogen functional groups attached to an aromatic ring is 1. The van der Waals surface area contributed by atoms with Crippen LogP contribution < -0.4 is 11.1 Å². The Labute approximate surface area is 118 Å². The van der Waals surface area contributed by atoms with Gasteiger partial charge in [0, 0.05) is 18.2 Å². The third-order valence-corrected chi connectivity index (χ3v) is 3.82. The topological polar surface area (TPSA) is 50.9 Å². The molecule has 3 aromatic rings. The maximum absolute atomic E-state index is 13.5. The molecule has 20 heavy (non-hydrogen) atoms. The lowest BCUT2D eigenvalue weighted by atomic mass is 10.2. The molecule has 0 spiro atoms. The van der Waals surface area contributed by atoms with Crippen molar-refractivity contribution in [1.82, 2.24) is 4.98 Å². The summed E-state index contributed by atoms with van der Waals surface area (Å²) in [5.41, 5.74) is 10.1. The molecule has 6 heteroatoms. The van der Waals surface area contributed by atoms with E-state index in [0.717, 1.165) is 16.3 Å². The molecule has 0 bridgehead atoms. The number of nitrogens with one attached hydrogen (secondary N) is 1. The number of halogens is 2. The Morgan fingerprint density at radius 2 is 2.05 bits per heavy atom. The van der Waals surface area contributed by atoms with Crippen LogP contribution >= 0.6 is 11.3 Å². The van der Waals surface area contributed by atoms with Crippen molar-refractivity contribution in [1.29, 1.82) is 0 Å². The Morgan fingerprint density at radius 3 is 2.85 bits per heavy atom. The Balaban J connectivity index is 1.84. The zero-order chi connectivity index (χ0) is 14.1. The molecule has 3 nitrogen and oxygen atoms in total. The molecular weight excluding hydrogens is 280 g/mol. The molecule has 0 unspecified atom stereocenters. The van der Waals surface area contributed by atoms with Crippen molar-refractivity contribution in [3.63, 3.8) is 0 Å². The number of nitrogens with two attached hydrogens (primary N) is 1. The zero-order valence-corrected chi connectivity index (χ0v) is 11.2. The largest absolute Gasteiger partial charge is 0.395 e. The average molecular weight is 291 g/mol. The predicted molar refractivity (Wildman–Crippen MR) is 77.7 cm³/mol. The number of hydrogen-bond donors (Lipinski definition) is 2. The molecule has 0 fully saturated rings. The molecule has 2 aromatic carbocycles. The van der Waals surface area contributed by atoms with E-state index in [-0.39, 0.29) is 6.54 Å². The van der Waals surface area contributed by atoms with Gasteiger partial charge in [0.25, 0.3) is 0 Å². The van der Waals surface area contributed by atoms with Gasteiger partial charge in [0.2, 0.25) is 0 Å². The molecule has 0 aliphatic carbocycles. The first-order chi connectivity index (χ1) is 9.65. The van der Waals surface area contributed by atoms with E-state index in [4.69, 9.17) is 5.73 Å². The van der Waals surface area contributed by atoms with Gasteiger partial charge in [0.1, 0.15) is 17.2 Å². The van der Waals surface area contributed by atoms with Crippen molar-refractivity contribution in [3.05, 3.63) is 53.0 Å². The van der Waals surface area contributed by atoms with Crippen molar-refractivity contribution in [2.75, 3.05) is 11.1 Å². The Morgan fingerprint density at radius 1 is 1.20 bits per heavy atom. The Kier molecular flexibility index (Phi) is 3.23. The van der Waals surface area contributed by atoms with Crippen molar-refractivity contribution in [2.45, 2.75) is 6.54 Å². The first-order valence-electron chi connectivity index (χ1n) is 5.94. The maximum Gasteiger partial charge on any atom is 0.131 e. The van der Waals surface area contributed by atoms with Crippen molar-refractivity contribution >= 4 is 32.9 Å². The number of fused-ring (bicyclic) bond motifs is 1. The minimum absolute atomic E-state index is 0.228. The molecule has 3 rings (SSSR count). The lowest BCUT2D eigenvalue weighted by Gasteiger charge is -2.10. The van der Waals surface area contributed by atoms with Gasteiger partial charge in [-0.15, -0.1) is 11.3 Å². The van der Waals surface area contributed by atoms with Gasteiger partial charge in [0.15, 0.2) is 0 Å². The van der Waals surface area contributed by atoms with E-state index >= 15 is 0 Å². The van der Waals surface area contributed by atoms with Gasteiger partial charge >= 0.3 is 0 Å². The molecule has 0 atom stereocenters. The number of rotatable bonds is 3. The average Bonchev–Trinajstić information content (AvgIpc) is 2.89. The number of benzene rings is 2. The Hall–Kier alpha value is -2.21. The SMILES string of the molecule is Nc1c(NCc2ccc(F)cc2F)ccc2scnc12. The van der Waals surface area contributed by atoms with Crippen LogP contribution in [0, 0.1) is 11.6 Å². The smallest absolute Gasteiger partial charge is 0.131 e. The molecule has 1 heterocycles. The number of aromatic nitrogens is 1. The highest BCUT2D eigenvalue weighted by molar-refractivity contribution is 7.16. The third kappa shape index (κ3) is 2.30. The molecular formula is C14H11F2N3S. The second-order valence-electron chi connectivity index (χ2n) is 4.32. The molecule has 102 valence electrons. The number of nitrogens with zero attached hydrogens (tertiary/aromatic N) is 1. The fourth-order valence-electron chi connectivity index (χ4n) is 1.96. The molecule has 1 aromatic heterocycles. The van der Waals surface area contributed by atoms with Crippen LogP contribution in [0.5, 0.6) is 0 Å². The van der Waals surface area contributed by atoms with Crippen molar-refractivity contribution < 1.29 is 8.78 Å². The van der Waals surface area contributed by atoms with E-state index in [1.54, 1.807) is 5.51 Å². The number of anilines is 2. The van der Waals surface area contributed by atoms with Crippen LogP contribution in [0.3, 0.4) is 0 Å². The molecule has 0 radical (unpaired) electrons. The van der Waals surface area contributed by atoms with Crippen LogP contribution in [0.2, 0.25) is 0 Å². The van der Waals surface area contributed by atoms with Gasteiger partial charge < -0.3 is 11.1 Å². The van der Waals surface area contributed by atoms with Crippen LogP contribution in [0.1, 0.15) is 5.56 Å². The van der Waals surface area contributed by atoms with Gasteiger partial charge in [-0.2, -0.15) is 0 Å². The fourth-order valence-corrected chi connectivity index (χ4v) is 2.65. The van der Waals surface area contributed by atoms with Crippen LogP contribution in [0.25, 0.3) is 10.2 Å². The highest BCUT2D eigenvalue weighted by Crippen LogP contribution is 2.30. The first-order valence-corrected chi connectivity index (χ1v) is 6.82. The number of hydrogen-bond acceptors (Lipinski definition) is 4. The minimum atomic E-state index is -0.588. The molecule has 0 saturated carbocycles. The van der Waals surface area contributed by atoms with Crippen molar-refractivity contribution in [3.8, 4) is 0 Å². The normalized spacial score (nSPS) is 10.9. The van der Waals surface area contributed by atoms with E-state index in [1.807, 2.05) is 12.1 Å². The van der Waals surface area contributed by atoms with E-state index in [0.29, 0.717) is 16.9 Å². The van der Waals surface area contributed by atoms with E-state index in [2.05, 4.69) is 10.3 Å². The summed E-state index contributed by atoms with van der Waals surface area (Å²) in [6.45, 7) is 0.228. The third-order valence-electron chi connectivity index (χ3n) is 3.03. The highest BCUT2D eigenvalue weighted by atomic mass is 32.1. The van der Waals surface area contributed by atoms with E-state index < -0.39 is 11.6 Å². The Bertz CT molecular complexity index is 770.